The zero-order valence-electron chi connectivity index (χ0n) is 19.3. The molecule has 2 aliphatic heterocycles. The van der Waals surface area contributed by atoms with Crippen molar-refractivity contribution in [2.24, 2.45) is 7.05 Å². The Hall–Kier alpha value is -2.90. The summed E-state index contributed by atoms with van der Waals surface area (Å²) in [6.07, 6.45) is 1.75. The zero-order valence-corrected chi connectivity index (χ0v) is 19.3. The molecule has 2 atom stereocenters. The van der Waals surface area contributed by atoms with Crippen molar-refractivity contribution in [1.29, 1.82) is 0 Å². The summed E-state index contributed by atoms with van der Waals surface area (Å²) in [4.78, 5) is 24.2. The highest BCUT2D eigenvalue weighted by atomic mass is 16.5. The molecule has 168 valence electrons. The Balaban J connectivity index is 1.44. The molecule has 2 aromatic heterocycles. The molecule has 0 amide bonds. The first-order chi connectivity index (χ1) is 15.4. The molecule has 0 N–H and O–H groups in total. The van der Waals surface area contributed by atoms with Crippen molar-refractivity contribution in [3.63, 3.8) is 0 Å². The second kappa shape index (κ2) is 8.22. The van der Waals surface area contributed by atoms with Gasteiger partial charge in [0.2, 0.25) is 0 Å². The lowest BCUT2D eigenvalue weighted by Crippen LogP contribution is -2.51. The Morgan fingerprint density at radius 2 is 2.03 bits per heavy atom. The molecule has 0 spiro atoms. The minimum Gasteiger partial charge on any atom is -0.492 e. The molecule has 3 aromatic rings. The number of likely N-dealkylation sites (N-methyl/N-ethyl adjacent to an activating group) is 1. The first-order valence-corrected chi connectivity index (χ1v) is 11.3. The average molecular weight is 434 g/mol. The summed E-state index contributed by atoms with van der Waals surface area (Å²) in [6.45, 7) is 6.55. The summed E-state index contributed by atoms with van der Waals surface area (Å²) < 4.78 is 7.60. The monoisotopic (exact) mass is 433 g/mol. The number of piperazine rings is 1. The number of nitrogens with zero attached hydrogens (tertiary/aromatic N) is 5. The van der Waals surface area contributed by atoms with E-state index < -0.39 is 0 Å². The normalized spacial score (nSPS) is 20.6. The van der Waals surface area contributed by atoms with Gasteiger partial charge in [-0.25, -0.2) is 4.98 Å². The number of rotatable bonds is 5. The predicted molar refractivity (Wildman–Crippen MR) is 127 cm³/mol. The summed E-state index contributed by atoms with van der Waals surface area (Å²) in [5.41, 5.74) is 4.41. The van der Waals surface area contributed by atoms with Gasteiger partial charge in [-0.05, 0) is 56.4 Å². The van der Waals surface area contributed by atoms with E-state index in [-0.39, 0.29) is 5.56 Å². The molecule has 0 bridgehead atoms. The largest absolute Gasteiger partial charge is 0.492 e. The third-order valence-corrected chi connectivity index (χ3v) is 6.79. The van der Waals surface area contributed by atoms with Crippen LogP contribution in [0.1, 0.15) is 24.1 Å². The van der Waals surface area contributed by atoms with Crippen LogP contribution in [-0.4, -0.2) is 65.7 Å². The van der Waals surface area contributed by atoms with Gasteiger partial charge < -0.3 is 14.5 Å². The van der Waals surface area contributed by atoms with E-state index in [0.717, 1.165) is 48.6 Å². The van der Waals surface area contributed by atoms with E-state index in [9.17, 15) is 4.79 Å². The number of anilines is 1. The Labute approximate surface area is 188 Å². The molecular weight excluding hydrogens is 402 g/mol. The first kappa shape index (κ1) is 21.0. The lowest BCUT2D eigenvalue weighted by Gasteiger charge is -2.43. The summed E-state index contributed by atoms with van der Waals surface area (Å²) in [5, 5.41) is 1.03. The van der Waals surface area contributed by atoms with Gasteiger partial charge >= 0.3 is 0 Å². The molecule has 0 aliphatic carbocycles. The molecule has 7 heteroatoms. The van der Waals surface area contributed by atoms with Crippen molar-refractivity contribution in [3.05, 3.63) is 64.1 Å². The van der Waals surface area contributed by atoms with Gasteiger partial charge in [0.1, 0.15) is 18.0 Å². The van der Waals surface area contributed by atoms with E-state index in [1.54, 1.807) is 23.9 Å². The number of aromatic nitrogens is 2. The van der Waals surface area contributed by atoms with Crippen molar-refractivity contribution < 1.29 is 4.74 Å². The number of hydrogen-bond donors (Lipinski definition) is 0. The van der Waals surface area contributed by atoms with Crippen LogP contribution in [0.5, 0.6) is 5.75 Å². The third-order valence-electron chi connectivity index (χ3n) is 6.79. The second-order valence-corrected chi connectivity index (χ2v) is 9.26. The van der Waals surface area contributed by atoms with Crippen LogP contribution in [0.4, 0.5) is 5.69 Å². The zero-order chi connectivity index (χ0) is 22.4. The second-order valence-electron chi connectivity index (χ2n) is 9.26. The SMILES string of the molecule is C[C@@H]1CN(c2cc(=O)n(C)c3ncccc23)C[C@@H]2c3ccc(OCCN(C)C)cc3CN12. The van der Waals surface area contributed by atoms with E-state index in [0.29, 0.717) is 18.7 Å². The fourth-order valence-electron chi connectivity index (χ4n) is 5.06. The van der Waals surface area contributed by atoms with E-state index in [2.05, 4.69) is 65.0 Å². The molecule has 4 heterocycles. The lowest BCUT2D eigenvalue weighted by atomic mass is 10.0. The number of fused-ring (bicyclic) bond motifs is 4. The smallest absolute Gasteiger partial charge is 0.253 e. The van der Waals surface area contributed by atoms with E-state index >= 15 is 0 Å². The van der Waals surface area contributed by atoms with Crippen LogP contribution >= 0.6 is 0 Å². The van der Waals surface area contributed by atoms with Gasteiger partial charge in [0.25, 0.3) is 5.56 Å². The molecule has 0 radical (unpaired) electrons. The van der Waals surface area contributed by atoms with Gasteiger partial charge in [0.05, 0.1) is 11.7 Å². The maximum absolute atomic E-state index is 12.6. The maximum Gasteiger partial charge on any atom is 0.253 e. The van der Waals surface area contributed by atoms with E-state index in [1.165, 1.54) is 11.1 Å². The van der Waals surface area contributed by atoms with Crippen LogP contribution in [0.25, 0.3) is 11.0 Å². The molecule has 7 nitrogen and oxygen atoms in total. The number of benzene rings is 1. The molecule has 1 aromatic carbocycles. The van der Waals surface area contributed by atoms with Crippen LogP contribution < -0.4 is 15.2 Å². The van der Waals surface area contributed by atoms with Crippen LogP contribution in [0.3, 0.4) is 0 Å². The molecule has 5 rings (SSSR count). The lowest BCUT2D eigenvalue weighted by molar-refractivity contribution is 0.134. The molecule has 32 heavy (non-hydrogen) atoms. The standard InChI is InChI=1S/C25H31N5O2/c1-17-14-29(22-13-24(31)28(4)25-21(22)6-5-9-26-25)16-23-20-8-7-19(32-11-10-27(2)3)12-18(20)15-30(17)23/h5-9,12-13,17,23H,10-11,14-16H2,1-4H3/t17-,23-/m1/s1. The highest BCUT2D eigenvalue weighted by Gasteiger charge is 2.39. The molecule has 2 aliphatic rings. The fraction of sp³-hybridized carbons (Fsp3) is 0.440. The minimum atomic E-state index is -0.0207. The fourth-order valence-corrected chi connectivity index (χ4v) is 5.06. The first-order valence-electron chi connectivity index (χ1n) is 11.3. The Morgan fingerprint density at radius 3 is 2.84 bits per heavy atom. The van der Waals surface area contributed by atoms with Crippen LogP contribution in [-0.2, 0) is 13.6 Å². The number of aryl methyl sites for hydroxylation is 1. The van der Waals surface area contributed by atoms with Gasteiger partial charge in [0, 0.05) is 56.9 Å². The number of pyridine rings is 2. The Kier molecular flexibility index (Phi) is 5.39. The molecule has 0 unspecified atom stereocenters. The minimum absolute atomic E-state index is 0.0207. The van der Waals surface area contributed by atoms with Crippen molar-refractivity contribution in [3.8, 4) is 5.75 Å². The van der Waals surface area contributed by atoms with Crippen molar-refractivity contribution in [2.75, 3.05) is 45.2 Å². The summed E-state index contributed by atoms with van der Waals surface area (Å²) in [5.74, 6) is 0.943. The highest BCUT2D eigenvalue weighted by molar-refractivity contribution is 5.89. The van der Waals surface area contributed by atoms with Gasteiger partial charge in [0.15, 0.2) is 0 Å². The van der Waals surface area contributed by atoms with Gasteiger partial charge in [-0.15, -0.1) is 0 Å². The van der Waals surface area contributed by atoms with Gasteiger partial charge in [-0.3, -0.25) is 14.3 Å². The third kappa shape index (κ3) is 3.65. The molecular formula is C25H31N5O2. The molecule has 0 saturated carbocycles. The Morgan fingerprint density at radius 1 is 1.19 bits per heavy atom. The number of ether oxygens (including phenoxy) is 1. The maximum atomic E-state index is 12.6. The van der Waals surface area contributed by atoms with Crippen molar-refractivity contribution in [1.82, 2.24) is 19.4 Å². The Bertz CT molecular complexity index is 1200. The van der Waals surface area contributed by atoms with Gasteiger partial charge in [-0.1, -0.05) is 6.07 Å². The highest BCUT2D eigenvalue weighted by Crippen LogP contribution is 2.41. The molecule has 1 fully saturated rings. The predicted octanol–water partition coefficient (Wildman–Crippen LogP) is 2.64. The summed E-state index contributed by atoms with van der Waals surface area (Å²) in [6, 6.07) is 13.0. The van der Waals surface area contributed by atoms with Crippen molar-refractivity contribution in [2.45, 2.75) is 25.6 Å². The average Bonchev–Trinajstić information content (AvgIpc) is 3.14. The van der Waals surface area contributed by atoms with E-state index in [1.807, 2.05) is 6.07 Å². The van der Waals surface area contributed by atoms with E-state index in [4.69, 9.17) is 4.74 Å². The van der Waals surface area contributed by atoms with Crippen LogP contribution in [0, 0.1) is 0 Å². The summed E-state index contributed by atoms with van der Waals surface area (Å²) in [7, 11) is 5.89. The van der Waals surface area contributed by atoms with Crippen LogP contribution in [0.2, 0.25) is 0 Å². The van der Waals surface area contributed by atoms with Crippen molar-refractivity contribution >= 4 is 16.7 Å². The van der Waals surface area contributed by atoms with Gasteiger partial charge in [-0.2, -0.15) is 0 Å². The quantitative estimate of drug-likeness (QED) is 0.617. The topological polar surface area (TPSA) is 53.8 Å². The summed E-state index contributed by atoms with van der Waals surface area (Å²) >= 11 is 0. The van der Waals surface area contributed by atoms with Crippen LogP contribution in [0.15, 0.2) is 47.4 Å². The number of hydrogen-bond acceptors (Lipinski definition) is 6. The molecule has 1 saturated heterocycles.